The third kappa shape index (κ3) is 3.55. The fourth-order valence-electron chi connectivity index (χ4n) is 2.13. The van der Waals surface area contributed by atoms with Crippen LogP contribution in [0.25, 0.3) is 0 Å². The van der Waals surface area contributed by atoms with Crippen LogP contribution in [-0.2, 0) is 6.54 Å². The maximum Gasteiger partial charge on any atom is 0.292 e. The van der Waals surface area contributed by atoms with Gasteiger partial charge in [-0.2, -0.15) is 0 Å². The van der Waals surface area contributed by atoms with Gasteiger partial charge in [0.15, 0.2) is 5.76 Å². The molecule has 0 fully saturated rings. The molecule has 0 saturated carbocycles. The molecule has 3 rings (SSSR count). The molecule has 6 heteroatoms. The monoisotopic (exact) mass is 309 g/mol. The van der Waals surface area contributed by atoms with Crippen molar-refractivity contribution >= 4 is 11.7 Å². The summed E-state index contributed by atoms with van der Waals surface area (Å²) in [5.41, 5.74) is 0.685. The number of furan rings is 1. The Balaban J connectivity index is 1.73. The normalized spacial score (nSPS) is 10.5. The number of nitrogens with zero attached hydrogens (tertiary/aromatic N) is 2. The minimum atomic E-state index is -0.380. The minimum absolute atomic E-state index is 0.126. The van der Waals surface area contributed by atoms with Gasteiger partial charge >= 0.3 is 0 Å². The molecule has 116 valence electrons. The highest BCUT2D eigenvalue weighted by Crippen LogP contribution is 2.12. The van der Waals surface area contributed by atoms with E-state index in [2.05, 4.69) is 10.3 Å². The van der Waals surface area contributed by atoms with E-state index < -0.39 is 0 Å². The lowest BCUT2D eigenvalue weighted by Gasteiger charge is -2.03. The van der Waals surface area contributed by atoms with Crippen molar-refractivity contribution < 1.29 is 9.21 Å². The molecule has 0 spiro atoms. The van der Waals surface area contributed by atoms with Crippen LogP contribution in [0.2, 0.25) is 0 Å². The van der Waals surface area contributed by atoms with E-state index in [4.69, 9.17) is 4.42 Å². The maximum atomic E-state index is 12.1. The van der Waals surface area contributed by atoms with Crippen LogP contribution < -0.4 is 10.9 Å². The third-order valence-corrected chi connectivity index (χ3v) is 3.24. The number of anilines is 1. The van der Waals surface area contributed by atoms with Crippen molar-refractivity contribution in [2.75, 3.05) is 5.32 Å². The highest BCUT2D eigenvalue weighted by Gasteiger charge is 2.12. The average molecular weight is 309 g/mol. The van der Waals surface area contributed by atoms with Gasteiger partial charge in [0.05, 0.1) is 6.54 Å². The number of hydrogen-bond donors (Lipinski definition) is 1. The number of aryl methyl sites for hydroxylation is 1. The second-order valence-corrected chi connectivity index (χ2v) is 5.05. The number of nitrogens with one attached hydrogen (secondary N) is 1. The number of rotatable bonds is 4. The Morgan fingerprint density at radius 1 is 1.17 bits per heavy atom. The fraction of sp³-hybridized carbons (Fsp3) is 0.118. The molecule has 0 atom stereocenters. The first-order valence-corrected chi connectivity index (χ1v) is 7.11. The fourth-order valence-corrected chi connectivity index (χ4v) is 2.13. The molecule has 0 aliphatic carbocycles. The van der Waals surface area contributed by atoms with Gasteiger partial charge in [-0.25, -0.2) is 4.98 Å². The summed E-state index contributed by atoms with van der Waals surface area (Å²) >= 11 is 0. The van der Waals surface area contributed by atoms with Gasteiger partial charge in [0.25, 0.3) is 11.5 Å². The molecule has 3 heterocycles. The standard InChI is InChI=1S/C17H15N3O3/c1-12-5-4-6-15(18-12)19-17(22)14-9-8-13(23-14)11-20-10-3-2-7-16(20)21/h2-10H,11H2,1H3,(H,18,19,22). The van der Waals surface area contributed by atoms with Crippen LogP contribution in [0.3, 0.4) is 0 Å². The van der Waals surface area contributed by atoms with E-state index in [9.17, 15) is 9.59 Å². The van der Waals surface area contributed by atoms with Crippen LogP contribution >= 0.6 is 0 Å². The Morgan fingerprint density at radius 2 is 2.04 bits per heavy atom. The summed E-state index contributed by atoms with van der Waals surface area (Å²) in [6.07, 6.45) is 1.67. The number of aromatic nitrogens is 2. The summed E-state index contributed by atoms with van der Waals surface area (Å²) in [6.45, 7) is 2.12. The molecule has 0 unspecified atom stereocenters. The summed E-state index contributed by atoms with van der Waals surface area (Å²) in [5, 5.41) is 2.68. The molecule has 3 aromatic rings. The van der Waals surface area contributed by atoms with Crippen molar-refractivity contribution in [3.05, 3.63) is 82.3 Å². The van der Waals surface area contributed by atoms with Crippen molar-refractivity contribution in [3.63, 3.8) is 0 Å². The number of hydrogen-bond acceptors (Lipinski definition) is 4. The zero-order chi connectivity index (χ0) is 16.2. The molecule has 0 aliphatic rings. The van der Waals surface area contributed by atoms with Gasteiger partial charge in [-0.15, -0.1) is 0 Å². The van der Waals surface area contributed by atoms with Gasteiger partial charge in [-0.1, -0.05) is 12.1 Å². The van der Waals surface area contributed by atoms with Crippen LogP contribution in [0.15, 0.2) is 63.9 Å². The third-order valence-electron chi connectivity index (χ3n) is 3.24. The molecule has 1 N–H and O–H groups in total. The molecule has 0 aliphatic heterocycles. The molecule has 1 amide bonds. The lowest BCUT2D eigenvalue weighted by molar-refractivity contribution is 0.0994. The maximum absolute atomic E-state index is 12.1. The van der Waals surface area contributed by atoms with Crippen LogP contribution in [0, 0.1) is 6.92 Å². The lowest BCUT2D eigenvalue weighted by atomic mass is 10.3. The second kappa shape index (κ2) is 6.31. The summed E-state index contributed by atoms with van der Waals surface area (Å²) in [7, 11) is 0. The van der Waals surface area contributed by atoms with E-state index >= 15 is 0 Å². The number of amides is 1. The Bertz CT molecular complexity index is 896. The molecule has 3 aromatic heterocycles. The first kappa shape index (κ1) is 14.8. The van der Waals surface area contributed by atoms with Crippen LogP contribution in [-0.4, -0.2) is 15.5 Å². The van der Waals surface area contributed by atoms with E-state index in [1.807, 2.05) is 19.1 Å². The molecule has 0 aromatic carbocycles. The Morgan fingerprint density at radius 3 is 2.83 bits per heavy atom. The highest BCUT2D eigenvalue weighted by atomic mass is 16.4. The van der Waals surface area contributed by atoms with Crippen LogP contribution in [0.4, 0.5) is 5.82 Å². The molecule has 0 bridgehead atoms. The topological polar surface area (TPSA) is 77.1 Å². The summed E-state index contributed by atoms with van der Waals surface area (Å²) < 4.78 is 7.01. The van der Waals surface area contributed by atoms with Crippen molar-refractivity contribution in [2.24, 2.45) is 0 Å². The zero-order valence-electron chi connectivity index (χ0n) is 12.5. The van der Waals surface area contributed by atoms with Gasteiger partial charge in [0, 0.05) is 18.0 Å². The first-order chi connectivity index (χ1) is 11.1. The largest absolute Gasteiger partial charge is 0.454 e. The van der Waals surface area contributed by atoms with Gasteiger partial charge in [-0.05, 0) is 37.3 Å². The number of pyridine rings is 2. The smallest absolute Gasteiger partial charge is 0.292 e. The van der Waals surface area contributed by atoms with Crippen molar-refractivity contribution in [2.45, 2.75) is 13.5 Å². The first-order valence-electron chi connectivity index (χ1n) is 7.11. The molecule has 6 nitrogen and oxygen atoms in total. The average Bonchev–Trinajstić information content (AvgIpc) is 2.98. The SMILES string of the molecule is Cc1cccc(NC(=O)c2ccc(Cn3ccccc3=O)o2)n1. The van der Waals surface area contributed by atoms with E-state index in [1.165, 1.54) is 10.6 Å². The van der Waals surface area contributed by atoms with Gasteiger partial charge < -0.3 is 14.3 Å². The van der Waals surface area contributed by atoms with Crippen molar-refractivity contribution in [1.29, 1.82) is 0 Å². The van der Waals surface area contributed by atoms with E-state index in [0.29, 0.717) is 11.6 Å². The van der Waals surface area contributed by atoms with Gasteiger partial charge in [-0.3, -0.25) is 9.59 Å². The predicted molar refractivity (Wildman–Crippen MR) is 85.4 cm³/mol. The van der Waals surface area contributed by atoms with E-state index in [0.717, 1.165) is 5.69 Å². The summed E-state index contributed by atoms with van der Waals surface area (Å²) in [4.78, 5) is 28.0. The molecular weight excluding hydrogens is 294 g/mol. The van der Waals surface area contributed by atoms with Crippen molar-refractivity contribution in [1.82, 2.24) is 9.55 Å². The Hall–Kier alpha value is -3.15. The second-order valence-electron chi connectivity index (χ2n) is 5.05. The zero-order valence-corrected chi connectivity index (χ0v) is 12.5. The predicted octanol–water partition coefficient (Wildman–Crippen LogP) is 2.45. The van der Waals surface area contributed by atoms with Crippen LogP contribution in [0.5, 0.6) is 0 Å². The van der Waals surface area contributed by atoms with Crippen LogP contribution in [0.1, 0.15) is 22.0 Å². The highest BCUT2D eigenvalue weighted by molar-refractivity contribution is 6.01. The quantitative estimate of drug-likeness (QED) is 0.803. The minimum Gasteiger partial charge on any atom is -0.454 e. The van der Waals surface area contributed by atoms with Gasteiger partial charge in [0.2, 0.25) is 0 Å². The number of carbonyl (C=O) groups excluding carboxylic acids is 1. The Labute approximate surface area is 132 Å². The molecule has 23 heavy (non-hydrogen) atoms. The van der Waals surface area contributed by atoms with Gasteiger partial charge in [0.1, 0.15) is 11.6 Å². The Kier molecular flexibility index (Phi) is 4.05. The molecular formula is C17H15N3O3. The summed E-state index contributed by atoms with van der Waals surface area (Å²) in [6, 6.07) is 13.5. The summed E-state index contributed by atoms with van der Waals surface area (Å²) in [5.74, 6) is 0.787. The lowest BCUT2D eigenvalue weighted by Crippen LogP contribution is -2.18. The molecule has 0 saturated heterocycles. The number of carbonyl (C=O) groups is 1. The van der Waals surface area contributed by atoms with E-state index in [-0.39, 0.29) is 23.8 Å². The van der Waals surface area contributed by atoms with Crippen molar-refractivity contribution in [3.8, 4) is 0 Å². The van der Waals surface area contributed by atoms with E-state index in [1.54, 1.807) is 36.5 Å². The molecule has 0 radical (unpaired) electrons.